The Labute approximate surface area is 125 Å². The van der Waals surface area contributed by atoms with Gasteiger partial charge in [-0.1, -0.05) is 12.7 Å². The quantitative estimate of drug-likeness (QED) is 0.871. The number of ether oxygens (including phenoxy) is 1. The molecule has 1 aromatic carbocycles. The van der Waals surface area contributed by atoms with Crippen LogP contribution in [0.1, 0.15) is 21.6 Å². The van der Waals surface area contributed by atoms with Crippen LogP contribution in [0, 0.1) is 17.1 Å². The minimum Gasteiger partial charge on any atom is -0.464 e. The molecule has 0 aliphatic rings. The molecular formula is C15H11FN4O2. The summed E-state index contributed by atoms with van der Waals surface area (Å²) in [6.45, 7) is 3.53. The first kappa shape index (κ1) is 15.1. The van der Waals surface area contributed by atoms with Gasteiger partial charge in [0.2, 0.25) is 0 Å². The lowest BCUT2D eigenvalue weighted by Crippen LogP contribution is -2.12. The first-order valence-corrected chi connectivity index (χ1v) is 6.10. The molecule has 2 rings (SSSR count). The van der Waals surface area contributed by atoms with Gasteiger partial charge in [0.05, 0.1) is 24.3 Å². The highest BCUT2D eigenvalue weighted by Crippen LogP contribution is 2.25. The van der Waals surface area contributed by atoms with E-state index in [-0.39, 0.29) is 34.0 Å². The van der Waals surface area contributed by atoms with Crippen molar-refractivity contribution in [2.24, 2.45) is 0 Å². The maximum atomic E-state index is 14.0. The van der Waals surface area contributed by atoms with E-state index in [1.807, 2.05) is 6.07 Å². The summed E-state index contributed by atoms with van der Waals surface area (Å²) in [6, 6.07) is 5.63. The maximum absolute atomic E-state index is 14.0. The summed E-state index contributed by atoms with van der Waals surface area (Å²) in [6.07, 6.45) is 1.32. The van der Waals surface area contributed by atoms with E-state index in [1.54, 1.807) is 0 Å². The standard InChI is InChI=1S/C15H11FN4O2/c1-3-9-12(15(21)22-2)19-14(20-13(9)18)10-5-4-8(7-17)6-11(10)16/h3-6H,1H2,2H3,(H2,18,19,20). The molecule has 1 aromatic heterocycles. The summed E-state index contributed by atoms with van der Waals surface area (Å²) in [7, 11) is 1.19. The summed E-state index contributed by atoms with van der Waals surface area (Å²) in [5, 5.41) is 8.74. The Morgan fingerprint density at radius 1 is 1.50 bits per heavy atom. The van der Waals surface area contributed by atoms with Crippen LogP contribution in [0.2, 0.25) is 0 Å². The highest BCUT2D eigenvalue weighted by molar-refractivity contribution is 5.93. The van der Waals surface area contributed by atoms with E-state index >= 15 is 0 Å². The fourth-order valence-electron chi connectivity index (χ4n) is 1.83. The van der Waals surface area contributed by atoms with Crippen LogP contribution in [0.15, 0.2) is 24.8 Å². The maximum Gasteiger partial charge on any atom is 0.357 e. The number of benzene rings is 1. The monoisotopic (exact) mass is 298 g/mol. The second kappa shape index (κ2) is 6.01. The number of nitrogens with zero attached hydrogens (tertiary/aromatic N) is 3. The Bertz CT molecular complexity index is 812. The molecule has 1 heterocycles. The topological polar surface area (TPSA) is 102 Å². The van der Waals surface area contributed by atoms with Gasteiger partial charge >= 0.3 is 5.97 Å². The van der Waals surface area contributed by atoms with E-state index in [2.05, 4.69) is 21.3 Å². The predicted octanol–water partition coefficient (Wildman–Crippen LogP) is 2.17. The number of esters is 1. The van der Waals surface area contributed by atoms with Crippen LogP contribution in [0.3, 0.4) is 0 Å². The fraction of sp³-hybridized carbons (Fsp3) is 0.0667. The first-order valence-electron chi connectivity index (χ1n) is 6.10. The lowest BCUT2D eigenvalue weighted by atomic mass is 10.1. The Hall–Kier alpha value is -3.27. The van der Waals surface area contributed by atoms with Gasteiger partial charge in [-0.25, -0.2) is 19.2 Å². The van der Waals surface area contributed by atoms with Crippen molar-refractivity contribution in [3.05, 3.63) is 47.4 Å². The number of carbonyl (C=O) groups excluding carboxylic acids is 1. The molecule has 0 unspecified atom stereocenters. The molecule has 0 saturated heterocycles. The Morgan fingerprint density at radius 3 is 2.77 bits per heavy atom. The van der Waals surface area contributed by atoms with Crippen molar-refractivity contribution in [3.8, 4) is 17.5 Å². The number of nitrogen functional groups attached to an aromatic ring is 1. The Kier molecular flexibility index (Phi) is 4.13. The van der Waals surface area contributed by atoms with E-state index in [1.165, 1.54) is 25.3 Å². The molecule has 0 spiro atoms. The van der Waals surface area contributed by atoms with Crippen LogP contribution in [0.25, 0.3) is 17.5 Å². The summed E-state index contributed by atoms with van der Waals surface area (Å²) >= 11 is 0. The first-order chi connectivity index (χ1) is 10.5. The molecule has 0 radical (unpaired) electrons. The minimum atomic E-state index is -0.737. The van der Waals surface area contributed by atoms with Crippen molar-refractivity contribution in [2.75, 3.05) is 12.8 Å². The van der Waals surface area contributed by atoms with E-state index in [0.29, 0.717) is 0 Å². The normalized spacial score (nSPS) is 9.86. The van der Waals surface area contributed by atoms with E-state index < -0.39 is 11.8 Å². The van der Waals surface area contributed by atoms with Gasteiger partial charge in [0.15, 0.2) is 11.5 Å². The largest absolute Gasteiger partial charge is 0.464 e. The van der Waals surface area contributed by atoms with Crippen molar-refractivity contribution in [1.82, 2.24) is 9.97 Å². The van der Waals surface area contributed by atoms with Crippen LogP contribution in [0.4, 0.5) is 10.2 Å². The number of anilines is 1. The van der Waals surface area contributed by atoms with Crippen LogP contribution >= 0.6 is 0 Å². The Balaban J connectivity index is 2.67. The lowest BCUT2D eigenvalue weighted by Gasteiger charge is -2.09. The zero-order chi connectivity index (χ0) is 16.3. The predicted molar refractivity (Wildman–Crippen MR) is 78.0 cm³/mol. The van der Waals surface area contributed by atoms with E-state index in [9.17, 15) is 9.18 Å². The molecule has 0 bridgehead atoms. The second-order valence-corrected chi connectivity index (χ2v) is 4.20. The fourth-order valence-corrected chi connectivity index (χ4v) is 1.83. The summed E-state index contributed by atoms with van der Waals surface area (Å²) < 4.78 is 18.7. The van der Waals surface area contributed by atoms with Gasteiger partial charge in [0.1, 0.15) is 11.6 Å². The molecule has 0 atom stereocenters. The van der Waals surface area contributed by atoms with Gasteiger partial charge in [-0.15, -0.1) is 0 Å². The molecule has 0 saturated carbocycles. The molecule has 7 heteroatoms. The van der Waals surface area contributed by atoms with E-state index in [4.69, 9.17) is 11.0 Å². The number of rotatable bonds is 3. The van der Waals surface area contributed by atoms with Gasteiger partial charge in [0, 0.05) is 5.56 Å². The zero-order valence-electron chi connectivity index (χ0n) is 11.6. The van der Waals surface area contributed by atoms with Crippen LogP contribution in [0.5, 0.6) is 0 Å². The second-order valence-electron chi connectivity index (χ2n) is 4.20. The van der Waals surface area contributed by atoms with Gasteiger partial charge < -0.3 is 10.5 Å². The third kappa shape index (κ3) is 2.62. The number of aromatic nitrogens is 2. The average Bonchev–Trinajstić information content (AvgIpc) is 2.53. The number of methoxy groups -OCH3 is 1. The summed E-state index contributed by atoms with van der Waals surface area (Å²) in [5.74, 6) is -1.53. The van der Waals surface area contributed by atoms with Crippen LogP contribution < -0.4 is 5.73 Å². The minimum absolute atomic E-state index is 0.0199. The SMILES string of the molecule is C=Cc1c(N)nc(-c2ccc(C#N)cc2F)nc1C(=O)OC. The molecular weight excluding hydrogens is 287 g/mol. The molecule has 6 nitrogen and oxygen atoms in total. The molecule has 0 fully saturated rings. The van der Waals surface area contributed by atoms with Crippen molar-refractivity contribution in [2.45, 2.75) is 0 Å². The summed E-state index contributed by atoms with van der Waals surface area (Å²) in [5.41, 5.74) is 6.05. The number of halogens is 1. The van der Waals surface area contributed by atoms with Crippen LogP contribution in [-0.4, -0.2) is 23.0 Å². The molecule has 0 aliphatic carbocycles. The van der Waals surface area contributed by atoms with Gasteiger partial charge in [-0.05, 0) is 18.2 Å². The highest BCUT2D eigenvalue weighted by atomic mass is 19.1. The Morgan fingerprint density at radius 2 is 2.23 bits per heavy atom. The lowest BCUT2D eigenvalue weighted by molar-refractivity contribution is 0.0593. The number of nitriles is 1. The molecule has 110 valence electrons. The number of carbonyl (C=O) groups is 1. The molecule has 2 aromatic rings. The average molecular weight is 298 g/mol. The smallest absolute Gasteiger partial charge is 0.357 e. The molecule has 2 N–H and O–H groups in total. The highest BCUT2D eigenvalue weighted by Gasteiger charge is 2.19. The third-order valence-electron chi connectivity index (χ3n) is 2.90. The molecule has 0 aliphatic heterocycles. The number of hydrogen-bond donors (Lipinski definition) is 1. The van der Waals surface area contributed by atoms with Crippen molar-refractivity contribution >= 4 is 17.9 Å². The number of hydrogen-bond acceptors (Lipinski definition) is 6. The van der Waals surface area contributed by atoms with Gasteiger partial charge in [-0.2, -0.15) is 5.26 Å². The summed E-state index contributed by atoms with van der Waals surface area (Å²) in [4.78, 5) is 19.7. The van der Waals surface area contributed by atoms with E-state index in [0.717, 1.165) is 6.07 Å². The van der Waals surface area contributed by atoms with Crippen molar-refractivity contribution in [1.29, 1.82) is 5.26 Å². The van der Waals surface area contributed by atoms with Gasteiger partial charge in [-0.3, -0.25) is 0 Å². The molecule has 0 amide bonds. The van der Waals surface area contributed by atoms with Gasteiger partial charge in [0.25, 0.3) is 0 Å². The molecule has 22 heavy (non-hydrogen) atoms. The third-order valence-corrected chi connectivity index (χ3v) is 2.90. The van der Waals surface area contributed by atoms with Crippen molar-refractivity contribution in [3.63, 3.8) is 0 Å². The van der Waals surface area contributed by atoms with Crippen molar-refractivity contribution < 1.29 is 13.9 Å². The number of nitrogens with two attached hydrogens (primary N) is 1. The zero-order valence-corrected chi connectivity index (χ0v) is 11.6. The van der Waals surface area contributed by atoms with Crippen LogP contribution in [-0.2, 0) is 4.74 Å².